The molecular weight excluding hydrogens is 422 g/mol. The Morgan fingerprint density at radius 3 is 2.66 bits per heavy atom. The second-order valence-corrected chi connectivity index (χ2v) is 9.03. The molecule has 0 bridgehead atoms. The van der Waals surface area contributed by atoms with Crippen LogP contribution in [0.4, 0.5) is 0 Å². The fraction of sp³-hybridized carbons (Fsp3) is 0.400. The maximum atomic E-state index is 12.4. The zero-order chi connectivity index (χ0) is 23.7. The summed E-state index contributed by atoms with van der Waals surface area (Å²) in [7, 11) is 3.06. The van der Waals surface area contributed by atoms with Crippen molar-refractivity contribution in [3.63, 3.8) is 0 Å². The maximum absolute atomic E-state index is 12.4. The van der Waals surface area contributed by atoms with E-state index >= 15 is 0 Å². The number of nitrogens with zero attached hydrogens (tertiary/aromatic N) is 2. The Morgan fingerprint density at radius 2 is 2.03 bits per heavy atom. The molecule has 0 radical (unpaired) electrons. The molecule has 2 rings (SSSR count). The molecular formula is C25H35N3O3S. The molecule has 7 heteroatoms. The number of rotatable bonds is 10. The van der Waals surface area contributed by atoms with Crippen molar-refractivity contribution in [2.75, 3.05) is 33.9 Å². The molecule has 6 nitrogen and oxygen atoms in total. The first kappa shape index (κ1) is 25.8. The zero-order valence-electron chi connectivity index (χ0n) is 19.7. The molecule has 0 saturated carbocycles. The Kier molecular flexibility index (Phi) is 10.1. The topological polar surface area (TPSA) is 79.0 Å². The van der Waals surface area contributed by atoms with E-state index in [1.165, 1.54) is 17.7 Å². The number of benzene rings is 1. The number of carbonyl (C=O) groups is 1. The SMILES string of the molecule is CON(C)C(=O)C1=CCC=C(CN(CCO)/C(Sc2cccc(C)c2)=C(\N)C(C)C)C=C1. The third-order valence-electron chi connectivity index (χ3n) is 5.11. The first-order valence-electron chi connectivity index (χ1n) is 10.8. The second-order valence-electron chi connectivity index (χ2n) is 7.97. The van der Waals surface area contributed by atoms with E-state index in [1.54, 1.807) is 18.8 Å². The molecule has 1 aromatic carbocycles. The van der Waals surface area contributed by atoms with Crippen molar-refractivity contribution in [3.8, 4) is 0 Å². The number of thioether (sulfide) groups is 1. The minimum atomic E-state index is -0.190. The summed E-state index contributed by atoms with van der Waals surface area (Å²) in [5, 5.41) is 11.9. The smallest absolute Gasteiger partial charge is 0.276 e. The van der Waals surface area contributed by atoms with Gasteiger partial charge in [-0.05, 0) is 43.0 Å². The van der Waals surface area contributed by atoms with Gasteiger partial charge in [-0.3, -0.25) is 9.63 Å². The van der Waals surface area contributed by atoms with Crippen molar-refractivity contribution in [1.82, 2.24) is 9.96 Å². The van der Waals surface area contributed by atoms with Gasteiger partial charge in [0.05, 0.1) is 18.7 Å². The average Bonchev–Trinajstić information content (AvgIpc) is 3.01. The van der Waals surface area contributed by atoms with Crippen LogP contribution in [0.25, 0.3) is 0 Å². The van der Waals surface area contributed by atoms with Gasteiger partial charge in [-0.15, -0.1) is 0 Å². The van der Waals surface area contributed by atoms with Gasteiger partial charge in [-0.1, -0.05) is 61.5 Å². The van der Waals surface area contributed by atoms with Crippen LogP contribution in [0.2, 0.25) is 0 Å². The number of allylic oxidation sites excluding steroid dienone is 3. The summed E-state index contributed by atoms with van der Waals surface area (Å²) in [4.78, 5) is 20.6. The molecule has 0 heterocycles. The molecule has 3 N–H and O–H groups in total. The molecule has 0 spiro atoms. The van der Waals surface area contributed by atoms with Gasteiger partial charge in [0, 0.05) is 36.3 Å². The van der Waals surface area contributed by atoms with E-state index in [1.807, 2.05) is 24.3 Å². The van der Waals surface area contributed by atoms with E-state index in [4.69, 9.17) is 10.6 Å². The molecule has 0 atom stereocenters. The van der Waals surface area contributed by atoms with Gasteiger partial charge < -0.3 is 15.7 Å². The van der Waals surface area contributed by atoms with Gasteiger partial charge in [0.15, 0.2) is 0 Å². The molecule has 32 heavy (non-hydrogen) atoms. The monoisotopic (exact) mass is 457 g/mol. The number of hydrogen-bond acceptors (Lipinski definition) is 6. The number of likely N-dealkylation sites (N-methyl/N-ethyl adjacent to an activating group) is 1. The molecule has 0 aromatic heterocycles. The van der Waals surface area contributed by atoms with E-state index in [9.17, 15) is 9.90 Å². The van der Waals surface area contributed by atoms with Crippen LogP contribution >= 0.6 is 11.8 Å². The number of aryl methyl sites for hydroxylation is 1. The molecule has 0 aliphatic heterocycles. The summed E-state index contributed by atoms with van der Waals surface area (Å²) < 4.78 is 0. The van der Waals surface area contributed by atoms with Gasteiger partial charge in [-0.25, -0.2) is 5.06 Å². The van der Waals surface area contributed by atoms with Gasteiger partial charge in [0.1, 0.15) is 0 Å². The first-order chi connectivity index (χ1) is 15.3. The lowest BCUT2D eigenvalue weighted by molar-refractivity contribution is -0.163. The highest BCUT2D eigenvalue weighted by Crippen LogP contribution is 2.33. The lowest BCUT2D eigenvalue weighted by Crippen LogP contribution is -2.30. The van der Waals surface area contributed by atoms with Gasteiger partial charge in [0.2, 0.25) is 0 Å². The third kappa shape index (κ3) is 7.29. The van der Waals surface area contributed by atoms with Crippen molar-refractivity contribution < 1.29 is 14.7 Å². The summed E-state index contributed by atoms with van der Waals surface area (Å²) in [6.45, 7) is 7.26. The van der Waals surface area contributed by atoms with Crippen LogP contribution < -0.4 is 5.73 Å². The van der Waals surface area contributed by atoms with Crippen LogP contribution in [0.3, 0.4) is 0 Å². The minimum absolute atomic E-state index is 0.0147. The van der Waals surface area contributed by atoms with Crippen molar-refractivity contribution >= 4 is 17.7 Å². The number of aliphatic hydroxyl groups excluding tert-OH is 1. The van der Waals surface area contributed by atoms with Crippen LogP contribution in [-0.2, 0) is 9.63 Å². The molecule has 1 amide bonds. The number of carbonyl (C=O) groups excluding carboxylic acids is 1. The number of nitrogens with two attached hydrogens (primary N) is 1. The molecule has 0 saturated heterocycles. The largest absolute Gasteiger partial charge is 0.400 e. The normalized spacial score (nSPS) is 14.5. The predicted octanol–water partition coefficient (Wildman–Crippen LogP) is 4.00. The Morgan fingerprint density at radius 1 is 1.28 bits per heavy atom. The Bertz CT molecular complexity index is 919. The standard InChI is InChI=1S/C25H35N3O3S/c1-18(2)23(26)25(32-22-11-6-8-19(3)16-22)28(14-15-29)17-20-9-7-10-21(13-12-20)24(30)27(4)31-5/h6,8-13,16,18,29H,7,14-15,17,26H2,1-5H3/b25-23+. The molecule has 0 unspecified atom stereocenters. The fourth-order valence-electron chi connectivity index (χ4n) is 3.15. The lowest BCUT2D eigenvalue weighted by Gasteiger charge is -2.29. The van der Waals surface area contributed by atoms with Crippen molar-refractivity contribution in [3.05, 3.63) is 76.0 Å². The van der Waals surface area contributed by atoms with Crippen LogP contribution in [-0.4, -0.2) is 54.8 Å². The molecule has 1 aliphatic carbocycles. The van der Waals surface area contributed by atoms with Crippen molar-refractivity contribution in [2.45, 2.75) is 32.1 Å². The summed E-state index contributed by atoms with van der Waals surface area (Å²) in [6.07, 6.45) is 8.38. The molecule has 174 valence electrons. The Labute approximate surface area is 196 Å². The van der Waals surface area contributed by atoms with E-state index in [0.717, 1.165) is 21.2 Å². The van der Waals surface area contributed by atoms with Gasteiger partial charge in [-0.2, -0.15) is 0 Å². The molecule has 0 fully saturated rings. The number of hydroxylamine groups is 2. The minimum Gasteiger partial charge on any atom is -0.400 e. The van der Waals surface area contributed by atoms with Gasteiger partial charge >= 0.3 is 0 Å². The maximum Gasteiger partial charge on any atom is 0.276 e. The number of aliphatic hydroxyl groups is 1. The summed E-state index contributed by atoms with van der Waals surface area (Å²) >= 11 is 1.62. The third-order valence-corrected chi connectivity index (χ3v) is 6.28. The van der Waals surface area contributed by atoms with Crippen molar-refractivity contribution in [1.29, 1.82) is 0 Å². The summed E-state index contributed by atoms with van der Waals surface area (Å²) in [5.41, 5.74) is 10.2. The van der Waals surface area contributed by atoms with Crippen LogP contribution in [0.1, 0.15) is 25.8 Å². The Hall–Kier alpha value is -2.48. The average molecular weight is 458 g/mol. The lowest BCUT2D eigenvalue weighted by atomic mass is 10.1. The predicted molar refractivity (Wildman–Crippen MR) is 131 cm³/mol. The summed E-state index contributed by atoms with van der Waals surface area (Å²) in [5.74, 6) is -0.0251. The first-order valence-corrected chi connectivity index (χ1v) is 11.6. The zero-order valence-corrected chi connectivity index (χ0v) is 20.5. The van der Waals surface area contributed by atoms with Crippen LogP contribution in [0.5, 0.6) is 0 Å². The van der Waals surface area contributed by atoms with Crippen LogP contribution in [0.15, 0.2) is 75.3 Å². The second kappa shape index (κ2) is 12.5. The summed E-state index contributed by atoms with van der Waals surface area (Å²) in [6, 6.07) is 8.31. The van der Waals surface area contributed by atoms with E-state index < -0.39 is 0 Å². The highest BCUT2D eigenvalue weighted by molar-refractivity contribution is 8.03. The molecule has 1 aromatic rings. The van der Waals surface area contributed by atoms with E-state index in [2.05, 4.69) is 49.9 Å². The Balaban J connectivity index is 2.29. The van der Waals surface area contributed by atoms with Gasteiger partial charge in [0.25, 0.3) is 5.91 Å². The van der Waals surface area contributed by atoms with E-state index in [0.29, 0.717) is 25.1 Å². The van der Waals surface area contributed by atoms with Crippen molar-refractivity contribution in [2.24, 2.45) is 11.7 Å². The van der Waals surface area contributed by atoms with E-state index in [-0.39, 0.29) is 18.4 Å². The fourth-order valence-corrected chi connectivity index (χ4v) is 4.40. The van der Waals surface area contributed by atoms with Crippen LogP contribution in [0, 0.1) is 12.8 Å². The number of amides is 1. The highest BCUT2D eigenvalue weighted by Gasteiger charge is 2.19. The molecule has 1 aliphatic rings. The quantitative estimate of drug-likeness (QED) is 0.408. The number of hydrogen-bond donors (Lipinski definition) is 2. The highest BCUT2D eigenvalue weighted by atomic mass is 32.2.